The highest BCUT2D eigenvalue weighted by Crippen LogP contribution is 2.29. The van der Waals surface area contributed by atoms with Gasteiger partial charge in [-0.05, 0) is 55.3 Å². The third-order valence-corrected chi connectivity index (χ3v) is 4.64. The third-order valence-electron chi connectivity index (χ3n) is 3.54. The van der Waals surface area contributed by atoms with E-state index in [1.807, 2.05) is 61.7 Å². The van der Waals surface area contributed by atoms with E-state index in [1.165, 1.54) is 11.3 Å². The molecule has 0 fully saturated rings. The number of rotatable bonds is 8. The summed E-state index contributed by atoms with van der Waals surface area (Å²) in [4.78, 5) is 4.30. The second kappa shape index (κ2) is 9.39. The molecule has 1 heterocycles. The summed E-state index contributed by atoms with van der Waals surface area (Å²) < 4.78 is 11.6. The van der Waals surface area contributed by atoms with E-state index < -0.39 is 0 Å². The second-order valence-corrected chi connectivity index (χ2v) is 7.02. The molecule has 5 nitrogen and oxygen atoms in total. The number of halogens is 1. The molecular weight excluding hydrogens is 382 g/mol. The summed E-state index contributed by atoms with van der Waals surface area (Å²) >= 11 is 7.53. The zero-order chi connectivity index (χ0) is 19.1. The van der Waals surface area contributed by atoms with Crippen LogP contribution in [-0.2, 0) is 6.61 Å². The molecule has 0 amide bonds. The van der Waals surface area contributed by atoms with Crippen LogP contribution in [0.4, 0.5) is 5.13 Å². The Morgan fingerprint density at radius 3 is 2.81 bits per heavy atom. The van der Waals surface area contributed by atoms with Crippen LogP contribution >= 0.6 is 22.9 Å². The summed E-state index contributed by atoms with van der Waals surface area (Å²) in [5.41, 5.74) is 5.79. The number of aryl methyl sites for hydroxylation is 1. The molecule has 0 bridgehead atoms. The molecule has 0 aliphatic carbocycles. The van der Waals surface area contributed by atoms with Gasteiger partial charge in [0.05, 0.1) is 18.5 Å². The van der Waals surface area contributed by atoms with Gasteiger partial charge in [-0.1, -0.05) is 23.7 Å². The van der Waals surface area contributed by atoms with Gasteiger partial charge in [-0.25, -0.2) is 4.98 Å². The number of ether oxygens (including phenoxy) is 2. The monoisotopic (exact) mass is 401 g/mol. The molecule has 1 aromatic heterocycles. The average Bonchev–Trinajstić information content (AvgIpc) is 3.06. The summed E-state index contributed by atoms with van der Waals surface area (Å²) in [6.45, 7) is 4.85. The number of anilines is 1. The zero-order valence-electron chi connectivity index (χ0n) is 15.1. The highest BCUT2D eigenvalue weighted by atomic mass is 35.5. The Hall–Kier alpha value is -2.57. The van der Waals surface area contributed by atoms with Crippen molar-refractivity contribution in [3.63, 3.8) is 0 Å². The fourth-order valence-electron chi connectivity index (χ4n) is 2.35. The second-order valence-electron chi connectivity index (χ2n) is 5.72. The topological polar surface area (TPSA) is 55.7 Å². The summed E-state index contributed by atoms with van der Waals surface area (Å²) in [5.74, 6) is 1.35. The van der Waals surface area contributed by atoms with Crippen LogP contribution in [0.5, 0.6) is 11.5 Å². The number of nitrogens with zero attached hydrogens (tertiary/aromatic N) is 2. The van der Waals surface area contributed by atoms with Gasteiger partial charge in [-0.15, -0.1) is 11.3 Å². The molecule has 27 heavy (non-hydrogen) atoms. The maximum atomic E-state index is 6.02. The van der Waals surface area contributed by atoms with Crippen LogP contribution < -0.4 is 14.9 Å². The molecule has 2 aromatic carbocycles. The molecular formula is C20H20ClN3O2S. The first-order valence-electron chi connectivity index (χ1n) is 8.49. The third kappa shape index (κ3) is 5.70. The highest BCUT2D eigenvalue weighted by molar-refractivity contribution is 7.13. The van der Waals surface area contributed by atoms with E-state index in [0.717, 1.165) is 22.0 Å². The first-order chi connectivity index (χ1) is 13.1. The van der Waals surface area contributed by atoms with Crippen molar-refractivity contribution >= 4 is 34.3 Å². The standard InChI is InChI=1S/C20H20ClN3O2S/c1-3-25-19-10-15(11-22-24-20-23-14(2)13-27-20)7-8-18(19)26-12-16-5-4-6-17(21)9-16/h4-11,13H,3,12H2,1-2H3,(H,23,24). The van der Waals surface area contributed by atoms with Gasteiger partial charge in [0, 0.05) is 10.4 Å². The van der Waals surface area contributed by atoms with Gasteiger partial charge in [-0.3, -0.25) is 5.43 Å². The van der Waals surface area contributed by atoms with E-state index >= 15 is 0 Å². The van der Waals surface area contributed by atoms with E-state index in [1.54, 1.807) is 6.21 Å². The van der Waals surface area contributed by atoms with Gasteiger partial charge >= 0.3 is 0 Å². The number of hydrogen-bond donors (Lipinski definition) is 1. The lowest BCUT2D eigenvalue weighted by atomic mass is 10.2. The normalized spacial score (nSPS) is 10.9. The van der Waals surface area contributed by atoms with E-state index in [-0.39, 0.29) is 0 Å². The molecule has 0 aliphatic heterocycles. The lowest BCUT2D eigenvalue weighted by molar-refractivity contribution is 0.269. The van der Waals surface area contributed by atoms with Crippen molar-refractivity contribution in [2.75, 3.05) is 12.0 Å². The maximum Gasteiger partial charge on any atom is 0.203 e. The maximum absolute atomic E-state index is 6.02. The number of hydrazone groups is 1. The number of nitrogens with one attached hydrogen (secondary N) is 1. The fraction of sp³-hybridized carbons (Fsp3) is 0.200. The van der Waals surface area contributed by atoms with Crippen LogP contribution in [0.25, 0.3) is 0 Å². The van der Waals surface area contributed by atoms with E-state index in [4.69, 9.17) is 21.1 Å². The Kier molecular flexibility index (Phi) is 6.68. The smallest absolute Gasteiger partial charge is 0.203 e. The quantitative estimate of drug-likeness (QED) is 0.398. The van der Waals surface area contributed by atoms with E-state index in [9.17, 15) is 0 Å². The molecule has 0 aliphatic rings. The van der Waals surface area contributed by atoms with Crippen LogP contribution in [0.3, 0.4) is 0 Å². The predicted octanol–water partition coefficient (Wildman–Crippen LogP) is 5.53. The van der Waals surface area contributed by atoms with Gasteiger partial charge in [0.25, 0.3) is 0 Å². The number of thiazole rings is 1. The molecule has 0 spiro atoms. The largest absolute Gasteiger partial charge is 0.490 e. The molecule has 0 unspecified atom stereocenters. The average molecular weight is 402 g/mol. The van der Waals surface area contributed by atoms with Crippen LogP contribution in [0.2, 0.25) is 5.02 Å². The molecule has 0 atom stereocenters. The number of hydrogen-bond acceptors (Lipinski definition) is 6. The fourth-order valence-corrected chi connectivity index (χ4v) is 3.20. The Labute approximate surface area is 167 Å². The van der Waals surface area contributed by atoms with Crippen molar-refractivity contribution in [2.45, 2.75) is 20.5 Å². The number of aromatic nitrogens is 1. The van der Waals surface area contributed by atoms with Crippen LogP contribution in [0.1, 0.15) is 23.7 Å². The molecule has 0 saturated heterocycles. The minimum atomic E-state index is 0.416. The molecule has 3 rings (SSSR count). The van der Waals surface area contributed by atoms with Crippen LogP contribution in [0.15, 0.2) is 52.9 Å². The van der Waals surface area contributed by atoms with Gasteiger partial charge in [0.2, 0.25) is 5.13 Å². The Bertz CT molecular complexity index is 927. The van der Waals surface area contributed by atoms with E-state index in [0.29, 0.717) is 29.7 Å². The van der Waals surface area contributed by atoms with Crippen molar-refractivity contribution in [2.24, 2.45) is 5.10 Å². The summed E-state index contributed by atoms with van der Waals surface area (Å²) in [6.07, 6.45) is 1.72. The first kappa shape index (κ1) is 19.2. The van der Waals surface area contributed by atoms with Crippen LogP contribution in [0, 0.1) is 6.92 Å². The predicted molar refractivity (Wildman–Crippen MR) is 111 cm³/mol. The van der Waals surface area contributed by atoms with Crippen molar-refractivity contribution < 1.29 is 9.47 Å². The Morgan fingerprint density at radius 2 is 2.07 bits per heavy atom. The lowest BCUT2D eigenvalue weighted by Crippen LogP contribution is -2.00. The molecule has 0 radical (unpaired) electrons. The number of benzene rings is 2. The molecule has 1 N–H and O–H groups in total. The Balaban J connectivity index is 1.68. The minimum absolute atomic E-state index is 0.416. The van der Waals surface area contributed by atoms with Crippen molar-refractivity contribution in [1.29, 1.82) is 0 Å². The van der Waals surface area contributed by atoms with Crippen LogP contribution in [-0.4, -0.2) is 17.8 Å². The summed E-state index contributed by atoms with van der Waals surface area (Å²) in [5, 5.41) is 7.64. The minimum Gasteiger partial charge on any atom is -0.490 e. The highest BCUT2D eigenvalue weighted by Gasteiger charge is 2.07. The summed E-state index contributed by atoms with van der Waals surface area (Å²) in [6, 6.07) is 13.3. The molecule has 3 aromatic rings. The molecule has 140 valence electrons. The zero-order valence-corrected chi connectivity index (χ0v) is 16.7. The molecule has 7 heteroatoms. The summed E-state index contributed by atoms with van der Waals surface area (Å²) in [7, 11) is 0. The van der Waals surface area contributed by atoms with Gasteiger partial charge in [0.1, 0.15) is 6.61 Å². The SMILES string of the molecule is CCOc1cc(C=NNc2nc(C)cs2)ccc1OCc1cccc(Cl)c1. The lowest BCUT2D eigenvalue weighted by Gasteiger charge is -2.12. The van der Waals surface area contributed by atoms with Crippen molar-refractivity contribution in [3.05, 3.63) is 69.7 Å². The van der Waals surface area contributed by atoms with Gasteiger partial charge < -0.3 is 9.47 Å². The van der Waals surface area contributed by atoms with Gasteiger partial charge in [-0.2, -0.15) is 5.10 Å². The first-order valence-corrected chi connectivity index (χ1v) is 9.75. The van der Waals surface area contributed by atoms with E-state index in [2.05, 4.69) is 15.5 Å². The van der Waals surface area contributed by atoms with Gasteiger partial charge in [0.15, 0.2) is 11.5 Å². The van der Waals surface area contributed by atoms with Crippen molar-refractivity contribution in [1.82, 2.24) is 4.98 Å². The molecule has 0 saturated carbocycles. The Morgan fingerprint density at radius 1 is 1.19 bits per heavy atom. The van der Waals surface area contributed by atoms with Crippen molar-refractivity contribution in [3.8, 4) is 11.5 Å².